The van der Waals surface area contributed by atoms with Crippen LogP contribution in [0.4, 0.5) is 0 Å². The fourth-order valence-corrected chi connectivity index (χ4v) is 1.65. The minimum absolute atomic E-state index is 0.172. The summed E-state index contributed by atoms with van der Waals surface area (Å²) in [5.41, 5.74) is 2.12. The van der Waals surface area contributed by atoms with Crippen LogP contribution in [0, 0.1) is 6.92 Å². The number of ether oxygens (including phenoxy) is 1. The maximum absolute atomic E-state index is 11.1. The topological polar surface area (TPSA) is 26.3 Å². The monoisotopic (exact) mass is 226 g/mol. The van der Waals surface area contributed by atoms with Crippen molar-refractivity contribution in [2.24, 2.45) is 0 Å². The summed E-state index contributed by atoms with van der Waals surface area (Å²) in [6.45, 7) is 4.22. The van der Waals surface area contributed by atoms with Gasteiger partial charge in [-0.2, -0.15) is 0 Å². The maximum Gasteiger partial charge on any atom is 0.306 e. The van der Waals surface area contributed by atoms with Gasteiger partial charge in [-0.05, 0) is 37.5 Å². The molecule has 0 saturated carbocycles. The molecular formula is C12H15ClO2. The highest BCUT2D eigenvalue weighted by molar-refractivity contribution is 6.31. The van der Waals surface area contributed by atoms with Crippen molar-refractivity contribution in [1.82, 2.24) is 0 Å². The van der Waals surface area contributed by atoms with Crippen molar-refractivity contribution in [2.75, 3.05) is 6.61 Å². The number of rotatable bonds is 4. The summed E-state index contributed by atoms with van der Waals surface area (Å²) in [6, 6.07) is 5.85. The summed E-state index contributed by atoms with van der Waals surface area (Å²) in [5, 5.41) is 0.722. The first-order chi connectivity index (χ1) is 7.13. The lowest BCUT2D eigenvalue weighted by Crippen LogP contribution is -2.05. The first kappa shape index (κ1) is 12.1. The molecule has 0 aromatic heterocycles. The van der Waals surface area contributed by atoms with Crippen LogP contribution in [0.5, 0.6) is 0 Å². The normalized spacial score (nSPS) is 10.1. The van der Waals surface area contributed by atoms with Crippen molar-refractivity contribution in [3.05, 3.63) is 34.3 Å². The zero-order valence-corrected chi connectivity index (χ0v) is 9.80. The number of esters is 1. The van der Waals surface area contributed by atoms with Crippen molar-refractivity contribution in [3.8, 4) is 0 Å². The fraction of sp³-hybridized carbons (Fsp3) is 0.417. The Hall–Kier alpha value is -1.02. The molecule has 0 spiro atoms. The second-order valence-corrected chi connectivity index (χ2v) is 3.81. The Morgan fingerprint density at radius 1 is 1.47 bits per heavy atom. The SMILES string of the molecule is CCOC(=O)CCc1ccc(C)cc1Cl. The Labute approximate surface area is 95.2 Å². The molecule has 0 aliphatic rings. The lowest BCUT2D eigenvalue weighted by Gasteiger charge is -2.05. The van der Waals surface area contributed by atoms with E-state index >= 15 is 0 Å². The van der Waals surface area contributed by atoms with Crippen molar-refractivity contribution in [3.63, 3.8) is 0 Å². The largest absolute Gasteiger partial charge is 0.466 e. The predicted octanol–water partition coefficient (Wildman–Crippen LogP) is 3.14. The third kappa shape index (κ3) is 3.92. The highest BCUT2D eigenvalue weighted by atomic mass is 35.5. The van der Waals surface area contributed by atoms with E-state index in [9.17, 15) is 4.79 Å². The van der Waals surface area contributed by atoms with Crippen LogP contribution in [0.2, 0.25) is 5.02 Å². The highest BCUT2D eigenvalue weighted by Crippen LogP contribution is 2.19. The van der Waals surface area contributed by atoms with Gasteiger partial charge in [-0.15, -0.1) is 0 Å². The average Bonchev–Trinajstić information content (AvgIpc) is 2.17. The second-order valence-electron chi connectivity index (χ2n) is 3.40. The number of benzene rings is 1. The lowest BCUT2D eigenvalue weighted by atomic mass is 10.1. The van der Waals surface area contributed by atoms with E-state index in [2.05, 4.69) is 0 Å². The van der Waals surface area contributed by atoms with Crippen molar-refractivity contribution in [1.29, 1.82) is 0 Å². The Balaban J connectivity index is 2.54. The minimum atomic E-state index is -0.172. The van der Waals surface area contributed by atoms with Crippen molar-refractivity contribution < 1.29 is 9.53 Å². The Morgan fingerprint density at radius 3 is 2.80 bits per heavy atom. The molecule has 0 saturated heterocycles. The summed E-state index contributed by atoms with van der Waals surface area (Å²) in [7, 11) is 0. The number of carbonyl (C=O) groups excluding carboxylic acids is 1. The van der Waals surface area contributed by atoms with E-state index in [1.165, 1.54) is 0 Å². The van der Waals surface area contributed by atoms with Crippen molar-refractivity contribution >= 4 is 17.6 Å². The first-order valence-electron chi connectivity index (χ1n) is 5.04. The molecule has 0 aliphatic heterocycles. The molecule has 0 heterocycles. The van der Waals surface area contributed by atoms with Crippen LogP contribution in [-0.2, 0) is 16.0 Å². The summed E-state index contributed by atoms with van der Waals surface area (Å²) in [6.07, 6.45) is 1.02. The van der Waals surface area contributed by atoms with Crippen LogP contribution < -0.4 is 0 Å². The van der Waals surface area contributed by atoms with Gasteiger partial charge in [0.05, 0.1) is 6.61 Å². The summed E-state index contributed by atoms with van der Waals surface area (Å²) >= 11 is 6.04. The van der Waals surface area contributed by atoms with Gasteiger partial charge < -0.3 is 4.74 Å². The van der Waals surface area contributed by atoms with Gasteiger partial charge in [0, 0.05) is 11.4 Å². The van der Waals surface area contributed by atoms with Gasteiger partial charge in [0.15, 0.2) is 0 Å². The molecule has 1 rings (SSSR count). The smallest absolute Gasteiger partial charge is 0.306 e. The summed E-state index contributed by atoms with van der Waals surface area (Å²) in [5.74, 6) is -0.172. The van der Waals surface area contributed by atoms with E-state index in [1.807, 2.05) is 25.1 Å². The van der Waals surface area contributed by atoms with E-state index in [1.54, 1.807) is 6.92 Å². The molecule has 3 heteroatoms. The molecule has 0 N–H and O–H groups in total. The van der Waals surface area contributed by atoms with Crippen molar-refractivity contribution in [2.45, 2.75) is 26.7 Å². The van der Waals surface area contributed by atoms with Crippen LogP contribution in [-0.4, -0.2) is 12.6 Å². The number of hydrogen-bond acceptors (Lipinski definition) is 2. The van der Waals surface area contributed by atoms with E-state index in [0.717, 1.165) is 16.1 Å². The molecule has 82 valence electrons. The molecule has 2 nitrogen and oxygen atoms in total. The van der Waals surface area contributed by atoms with Crippen LogP contribution in [0.1, 0.15) is 24.5 Å². The molecule has 0 radical (unpaired) electrons. The Kier molecular flexibility index (Phi) is 4.63. The minimum Gasteiger partial charge on any atom is -0.466 e. The number of halogens is 1. The molecule has 0 amide bonds. The van der Waals surface area contributed by atoms with Crippen LogP contribution in [0.25, 0.3) is 0 Å². The fourth-order valence-electron chi connectivity index (χ4n) is 1.32. The first-order valence-corrected chi connectivity index (χ1v) is 5.42. The van der Waals surface area contributed by atoms with Gasteiger partial charge in [0.25, 0.3) is 0 Å². The van der Waals surface area contributed by atoms with Crippen LogP contribution in [0.15, 0.2) is 18.2 Å². The lowest BCUT2D eigenvalue weighted by molar-refractivity contribution is -0.143. The number of carbonyl (C=O) groups is 1. The molecule has 1 aromatic carbocycles. The molecule has 0 atom stereocenters. The third-order valence-electron chi connectivity index (χ3n) is 2.11. The van der Waals surface area contributed by atoms with E-state index in [4.69, 9.17) is 16.3 Å². The van der Waals surface area contributed by atoms with E-state index < -0.39 is 0 Å². The van der Waals surface area contributed by atoms with Gasteiger partial charge in [0.1, 0.15) is 0 Å². The number of aryl methyl sites for hydroxylation is 2. The molecule has 0 fully saturated rings. The molecule has 0 unspecified atom stereocenters. The van der Waals surface area contributed by atoms with E-state index in [0.29, 0.717) is 19.4 Å². The standard InChI is InChI=1S/C12H15ClO2/c1-3-15-12(14)7-6-10-5-4-9(2)8-11(10)13/h4-5,8H,3,6-7H2,1-2H3. The molecular weight excluding hydrogens is 212 g/mol. The zero-order chi connectivity index (χ0) is 11.3. The van der Waals surface area contributed by atoms with Gasteiger partial charge in [0.2, 0.25) is 0 Å². The van der Waals surface area contributed by atoms with Crippen LogP contribution in [0.3, 0.4) is 0 Å². The van der Waals surface area contributed by atoms with Gasteiger partial charge >= 0.3 is 5.97 Å². The Morgan fingerprint density at radius 2 is 2.20 bits per heavy atom. The van der Waals surface area contributed by atoms with Gasteiger partial charge in [-0.25, -0.2) is 0 Å². The second kappa shape index (κ2) is 5.76. The van der Waals surface area contributed by atoms with Gasteiger partial charge in [-0.1, -0.05) is 23.7 Å². The van der Waals surface area contributed by atoms with Gasteiger partial charge in [-0.3, -0.25) is 4.79 Å². The average molecular weight is 227 g/mol. The maximum atomic E-state index is 11.1. The predicted molar refractivity (Wildman–Crippen MR) is 61.1 cm³/mol. The molecule has 0 bridgehead atoms. The quantitative estimate of drug-likeness (QED) is 0.738. The zero-order valence-electron chi connectivity index (χ0n) is 9.05. The van der Waals surface area contributed by atoms with E-state index in [-0.39, 0.29) is 5.97 Å². The summed E-state index contributed by atoms with van der Waals surface area (Å²) in [4.78, 5) is 11.1. The van der Waals surface area contributed by atoms with Crippen LogP contribution >= 0.6 is 11.6 Å². The molecule has 0 aliphatic carbocycles. The number of hydrogen-bond donors (Lipinski definition) is 0. The molecule has 1 aromatic rings. The Bertz CT molecular complexity index is 347. The highest BCUT2D eigenvalue weighted by Gasteiger charge is 2.05. The summed E-state index contributed by atoms with van der Waals surface area (Å²) < 4.78 is 4.85. The third-order valence-corrected chi connectivity index (χ3v) is 2.46. The molecule has 15 heavy (non-hydrogen) atoms.